The molecule has 2 fully saturated rings. The minimum atomic E-state index is -2.97. The van der Waals surface area contributed by atoms with Gasteiger partial charge in [-0.25, -0.2) is 18.4 Å². The van der Waals surface area contributed by atoms with Gasteiger partial charge in [0.15, 0.2) is 9.84 Å². The number of rotatable bonds is 7. The van der Waals surface area contributed by atoms with E-state index in [1.807, 2.05) is 11.8 Å². The molecule has 1 unspecified atom stereocenters. The third kappa shape index (κ3) is 5.36. The average Bonchev–Trinajstić information content (AvgIpc) is 3.03. The number of nitrogens with one attached hydrogen (secondary N) is 1. The summed E-state index contributed by atoms with van der Waals surface area (Å²) in [7, 11) is -2.97. The minimum absolute atomic E-state index is 0.0810. The summed E-state index contributed by atoms with van der Waals surface area (Å²) in [5.41, 5.74) is 0.260. The van der Waals surface area contributed by atoms with Crippen molar-refractivity contribution in [3.8, 4) is 0 Å². The molecule has 0 aliphatic carbocycles. The first kappa shape index (κ1) is 20.0. The van der Waals surface area contributed by atoms with Crippen LogP contribution in [0.15, 0.2) is 12.4 Å². The van der Waals surface area contributed by atoms with Crippen LogP contribution >= 0.6 is 0 Å². The lowest BCUT2D eigenvalue weighted by Gasteiger charge is -2.27. The molecule has 0 radical (unpaired) electrons. The molecular formula is C17H27N5O4S. The monoisotopic (exact) mass is 397 g/mol. The molecular weight excluding hydrogens is 370 g/mol. The Morgan fingerprint density at radius 3 is 2.70 bits per heavy atom. The Labute approximate surface area is 160 Å². The Kier molecular flexibility index (Phi) is 6.61. The molecule has 1 atom stereocenters. The molecule has 1 amide bonds. The molecule has 2 saturated heterocycles. The van der Waals surface area contributed by atoms with Crippen LogP contribution in [-0.4, -0.2) is 92.7 Å². The van der Waals surface area contributed by atoms with Crippen molar-refractivity contribution in [1.82, 2.24) is 20.2 Å². The van der Waals surface area contributed by atoms with Crippen LogP contribution < -0.4 is 10.2 Å². The van der Waals surface area contributed by atoms with E-state index in [9.17, 15) is 13.2 Å². The number of ether oxygens (including phenoxy) is 1. The maximum Gasteiger partial charge on any atom is 0.271 e. The molecule has 150 valence electrons. The Balaban J connectivity index is 1.53. The van der Waals surface area contributed by atoms with Crippen LogP contribution in [0.4, 0.5) is 5.82 Å². The summed E-state index contributed by atoms with van der Waals surface area (Å²) in [6.45, 7) is 7.15. The van der Waals surface area contributed by atoms with Gasteiger partial charge in [-0.2, -0.15) is 0 Å². The van der Waals surface area contributed by atoms with Gasteiger partial charge in [0, 0.05) is 38.8 Å². The van der Waals surface area contributed by atoms with Gasteiger partial charge in [-0.05, 0) is 13.3 Å². The first-order chi connectivity index (χ1) is 13.0. The molecule has 0 bridgehead atoms. The van der Waals surface area contributed by atoms with E-state index in [1.165, 1.54) is 6.20 Å². The molecule has 27 heavy (non-hydrogen) atoms. The van der Waals surface area contributed by atoms with Crippen molar-refractivity contribution in [3.63, 3.8) is 0 Å². The number of carbonyl (C=O) groups excluding carboxylic acids is 1. The van der Waals surface area contributed by atoms with Crippen LogP contribution in [0, 0.1) is 0 Å². The van der Waals surface area contributed by atoms with Crippen LogP contribution in [0.5, 0.6) is 0 Å². The maximum atomic E-state index is 12.2. The Morgan fingerprint density at radius 2 is 2.11 bits per heavy atom. The predicted octanol–water partition coefficient (Wildman–Crippen LogP) is -0.448. The first-order valence-corrected chi connectivity index (χ1v) is 11.2. The van der Waals surface area contributed by atoms with Gasteiger partial charge >= 0.3 is 0 Å². The highest BCUT2D eigenvalue weighted by Crippen LogP contribution is 2.22. The third-order valence-electron chi connectivity index (χ3n) is 4.97. The Hall–Kier alpha value is -1.78. The molecule has 3 rings (SSSR count). The standard InChI is InChI=1S/C17H27N5O4S/c1-2-22(14-3-10-27(24,25)13-14)16-12-19-15(11-20-16)17(23)18-4-5-21-6-8-26-9-7-21/h11-12,14H,2-10,13H2,1H3,(H,18,23). The first-order valence-electron chi connectivity index (χ1n) is 9.36. The molecule has 3 heterocycles. The van der Waals surface area contributed by atoms with Crippen LogP contribution in [-0.2, 0) is 14.6 Å². The summed E-state index contributed by atoms with van der Waals surface area (Å²) < 4.78 is 28.7. The Morgan fingerprint density at radius 1 is 1.33 bits per heavy atom. The number of amides is 1. The predicted molar refractivity (Wildman–Crippen MR) is 102 cm³/mol. The van der Waals surface area contributed by atoms with E-state index < -0.39 is 9.84 Å². The molecule has 0 spiro atoms. The fourth-order valence-corrected chi connectivity index (χ4v) is 5.19. The van der Waals surface area contributed by atoms with Gasteiger partial charge in [0.1, 0.15) is 11.5 Å². The van der Waals surface area contributed by atoms with Crippen molar-refractivity contribution < 1.29 is 17.9 Å². The van der Waals surface area contributed by atoms with Crippen molar-refractivity contribution in [2.24, 2.45) is 0 Å². The van der Waals surface area contributed by atoms with Gasteiger partial charge in [-0.15, -0.1) is 0 Å². The summed E-state index contributed by atoms with van der Waals surface area (Å²) in [6, 6.07) is -0.0810. The van der Waals surface area contributed by atoms with Crippen molar-refractivity contribution >= 4 is 21.6 Å². The lowest BCUT2D eigenvalue weighted by atomic mass is 10.2. The molecule has 1 aromatic heterocycles. The van der Waals surface area contributed by atoms with Gasteiger partial charge in [-0.1, -0.05) is 0 Å². The normalized spacial score (nSPS) is 22.5. The van der Waals surface area contributed by atoms with E-state index in [4.69, 9.17) is 4.74 Å². The van der Waals surface area contributed by atoms with Crippen LogP contribution in [0.3, 0.4) is 0 Å². The van der Waals surface area contributed by atoms with Gasteiger partial charge < -0.3 is 15.0 Å². The summed E-state index contributed by atoms with van der Waals surface area (Å²) in [4.78, 5) is 25.0. The van der Waals surface area contributed by atoms with Crippen molar-refractivity contribution in [2.75, 3.05) is 62.3 Å². The second kappa shape index (κ2) is 8.94. The number of morpholine rings is 1. The van der Waals surface area contributed by atoms with E-state index in [0.717, 1.165) is 32.8 Å². The smallest absolute Gasteiger partial charge is 0.271 e. The largest absolute Gasteiger partial charge is 0.379 e. The third-order valence-corrected chi connectivity index (χ3v) is 6.72. The second-order valence-electron chi connectivity index (χ2n) is 6.81. The van der Waals surface area contributed by atoms with Crippen LogP contribution in [0.2, 0.25) is 0 Å². The zero-order chi connectivity index (χ0) is 19.3. The van der Waals surface area contributed by atoms with Crippen molar-refractivity contribution in [1.29, 1.82) is 0 Å². The fourth-order valence-electron chi connectivity index (χ4n) is 3.46. The number of anilines is 1. The second-order valence-corrected chi connectivity index (χ2v) is 9.04. The van der Waals surface area contributed by atoms with E-state index in [0.29, 0.717) is 25.3 Å². The van der Waals surface area contributed by atoms with Gasteiger partial charge in [0.2, 0.25) is 0 Å². The highest BCUT2D eigenvalue weighted by atomic mass is 32.2. The van der Waals surface area contributed by atoms with Gasteiger partial charge in [-0.3, -0.25) is 9.69 Å². The minimum Gasteiger partial charge on any atom is -0.379 e. The van der Waals surface area contributed by atoms with Gasteiger partial charge in [0.05, 0.1) is 37.1 Å². The molecule has 2 aliphatic rings. The fraction of sp³-hybridized carbons (Fsp3) is 0.706. The van der Waals surface area contributed by atoms with Crippen molar-refractivity contribution in [2.45, 2.75) is 19.4 Å². The van der Waals surface area contributed by atoms with E-state index in [-0.39, 0.29) is 29.1 Å². The quantitative estimate of drug-likeness (QED) is 0.660. The highest BCUT2D eigenvalue weighted by Gasteiger charge is 2.32. The lowest BCUT2D eigenvalue weighted by Crippen LogP contribution is -2.41. The van der Waals surface area contributed by atoms with E-state index in [2.05, 4.69) is 20.2 Å². The molecule has 9 nitrogen and oxygen atoms in total. The molecule has 10 heteroatoms. The summed E-state index contributed by atoms with van der Waals surface area (Å²) >= 11 is 0. The van der Waals surface area contributed by atoms with Gasteiger partial charge in [0.25, 0.3) is 5.91 Å². The molecule has 1 N–H and O–H groups in total. The molecule has 0 saturated carbocycles. The van der Waals surface area contributed by atoms with Crippen molar-refractivity contribution in [3.05, 3.63) is 18.1 Å². The topological polar surface area (TPSA) is 105 Å². The highest BCUT2D eigenvalue weighted by molar-refractivity contribution is 7.91. The number of nitrogens with zero attached hydrogens (tertiary/aromatic N) is 4. The average molecular weight is 398 g/mol. The number of hydrogen-bond acceptors (Lipinski definition) is 8. The van der Waals surface area contributed by atoms with Crippen LogP contribution in [0.25, 0.3) is 0 Å². The zero-order valence-corrected chi connectivity index (χ0v) is 16.4. The number of sulfone groups is 1. The SMILES string of the molecule is CCN(c1cnc(C(=O)NCCN2CCOCC2)cn1)C1CCS(=O)(=O)C1. The number of carbonyl (C=O) groups is 1. The van der Waals surface area contributed by atoms with E-state index >= 15 is 0 Å². The maximum absolute atomic E-state index is 12.2. The lowest BCUT2D eigenvalue weighted by molar-refractivity contribution is 0.0383. The summed E-state index contributed by atoms with van der Waals surface area (Å²) in [6.07, 6.45) is 3.60. The zero-order valence-electron chi connectivity index (χ0n) is 15.6. The molecule has 2 aliphatic heterocycles. The summed E-state index contributed by atoms with van der Waals surface area (Å²) in [5.74, 6) is 0.704. The van der Waals surface area contributed by atoms with Crippen LogP contribution in [0.1, 0.15) is 23.8 Å². The Bertz CT molecular complexity index is 734. The molecule has 1 aromatic rings. The summed E-state index contributed by atoms with van der Waals surface area (Å²) in [5, 5.41) is 2.86. The molecule has 0 aromatic carbocycles. The van der Waals surface area contributed by atoms with E-state index in [1.54, 1.807) is 6.20 Å². The number of aromatic nitrogens is 2. The number of hydrogen-bond donors (Lipinski definition) is 1.